The molecule has 2 aromatic rings. The highest BCUT2D eigenvalue weighted by Crippen LogP contribution is 2.24. The van der Waals surface area contributed by atoms with Crippen LogP contribution >= 0.6 is 0 Å². The van der Waals surface area contributed by atoms with Crippen LogP contribution in [-0.4, -0.2) is 39.6 Å². The van der Waals surface area contributed by atoms with E-state index in [2.05, 4.69) is 23.5 Å². The standard InChI is InChI=1S/C21H25FN4O/c1-4-18(25-15(3)19-10-14(2)11-23-19)17-6-5-9-26(13-17)21(27)16-7-8-20(22)24-12-16/h7-8,10-12,17,23H,3-6,9,13H2,1-2H3/b25-18+/t17-/m0/s1. The van der Waals surface area contributed by atoms with Crippen molar-refractivity contribution >= 4 is 17.3 Å². The van der Waals surface area contributed by atoms with Crippen molar-refractivity contribution in [2.45, 2.75) is 33.1 Å². The van der Waals surface area contributed by atoms with E-state index in [9.17, 15) is 9.18 Å². The van der Waals surface area contributed by atoms with Gasteiger partial charge in [0.05, 0.1) is 17.0 Å². The molecule has 3 heterocycles. The third kappa shape index (κ3) is 4.51. The molecule has 0 spiro atoms. The van der Waals surface area contributed by atoms with Gasteiger partial charge in [0.25, 0.3) is 5.91 Å². The van der Waals surface area contributed by atoms with E-state index >= 15 is 0 Å². The Morgan fingerprint density at radius 3 is 2.93 bits per heavy atom. The van der Waals surface area contributed by atoms with Gasteiger partial charge in [-0.25, -0.2) is 4.98 Å². The summed E-state index contributed by atoms with van der Waals surface area (Å²) in [6, 6.07) is 4.73. The summed E-state index contributed by atoms with van der Waals surface area (Å²) in [5.74, 6) is -0.489. The normalized spacial score (nSPS) is 17.8. The van der Waals surface area contributed by atoms with Crippen molar-refractivity contribution in [1.82, 2.24) is 14.9 Å². The van der Waals surface area contributed by atoms with Crippen LogP contribution in [0.3, 0.4) is 0 Å². The van der Waals surface area contributed by atoms with E-state index in [1.807, 2.05) is 24.1 Å². The van der Waals surface area contributed by atoms with Crippen molar-refractivity contribution in [1.29, 1.82) is 0 Å². The predicted octanol–water partition coefficient (Wildman–Crippen LogP) is 4.23. The fourth-order valence-electron chi connectivity index (χ4n) is 3.48. The summed E-state index contributed by atoms with van der Waals surface area (Å²) in [4.78, 5) is 26.1. The van der Waals surface area contributed by atoms with E-state index in [0.29, 0.717) is 24.4 Å². The van der Waals surface area contributed by atoms with Crippen LogP contribution in [0.4, 0.5) is 4.39 Å². The third-order valence-corrected chi connectivity index (χ3v) is 4.93. The Balaban J connectivity index is 1.73. The topological polar surface area (TPSA) is 61.4 Å². The van der Waals surface area contributed by atoms with Crippen LogP contribution in [-0.2, 0) is 0 Å². The zero-order valence-corrected chi connectivity index (χ0v) is 15.8. The number of halogens is 1. The molecular formula is C21H25FN4O. The van der Waals surface area contributed by atoms with Crippen molar-refractivity contribution in [3.63, 3.8) is 0 Å². The van der Waals surface area contributed by atoms with E-state index in [0.717, 1.165) is 36.2 Å². The molecule has 2 aromatic heterocycles. The first-order valence-corrected chi connectivity index (χ1v) is 9.30. The largest absolute Gasteiger partial charge is 0.360 e. The lowest BCUT2D eigenvalue weighted by Crippen LogP contribution is -2.42. The molecule has 1 fully saturated rings. The van der Waals surface area contributed by atoms with Gasteiger partial charge >= 0.3 is 0 Å². The average molecular weight is 368 g/mol. The molecule has 0 saturated carbocycles. The SMILES string of the molecule is C=C(/N=C(\CC)[C@H]1CCCN(C(=O)c2ccc(F)nc2)C1)c1cc(C)c[nH]1. The van der Waals surface area contributed by atoms with Gasteiger partial charge in [0.2, 0.25) is 5.95 Å². The molecule has 0 bridgehead atoms. The first kappa shape index (κ1) is 19.0. The molecule has 0 unspecified atom stereocenters. The Hall–Kier alpha value is -2.76. The van der Waals surface area contributed by atoms with Crippen molar-refractivity contribution in [2.24, 2.45) is 10.9 Å². The van der Waals surface area contributed by atoms with E-state index in [1.54, 1.807) is 0 Å². The summed E-state index contributed by atoms with van der Waals surface area (Å²) < 4.78 is 13.0. The maximum absolute atomic E-state index is 13.0. The molecule has 1 atom stereocenters. The summed E-state index contributed by atoms with van der Waals surface area (Å²) in [6.45, 7) is 9.49. The fraction of sp³-hybridized carbons (Fsp3) is 0.381. The number of likely N-dealkylation sites (tertiary alicyclic amines) is 1. The second-order valence-electron chi connectivity index (χ2n) is 6.95. The number of H-pyrrole nitrogens is 1. The number of carbonyl (C=O) groups excluding carboxylic acids is 1. The van der Waals surface area contributed by atoms with Crippen LogP contribution in [0, 0.1) is 18.8 Å². The van der Waals surface area contributed by atoms with Gasteiger partial charge in [-0.05, 0) is 49.9 Å². The van der Waals surface area contributed by atoms with Gasteiger partial charge < -0.3 is 9.88 Å². The predicted molar refractivity (Wildman–Crippen MR) is 105 cm³/mol. The van der Waals surface area contributed by atoms with Gasteiger partial charge in [0.15, 0.2) is 0 Å². The maximum Gasteiger partial charge on any atom is 0.255 e. The number of aryl methyl sites for hydroxylation is 1. The number of piperidine rings is 1. The summed E-state index contributed by atoms with van der Waals surface area (Å²) in [5.41, 5.74) is 4.24. The zero-order chi connectivity index (χ0) is 19.4. The minimum atomic E-state index is -0.582. The van der Waals surface area contributed by atoms with Crippen LogP contribution in [0.1, 0.15) is 47.8 Å². The lowest BCUT2D eigenvalue weighted by molar-refractivity contribution is 0.0702. The van der Waals surface area contributed by atoms with Gasteiger partial charge in [0.1, 0.15) is 0 Å². The molecule has 1 aliphatic heterocycles. The second kappa shape index (κ2) is 8.29. The van der Waals surface area contributed by atoms with E-state index in [-0.39, 0.29) is 11.8 Å². The number of amides is 1. The Kier molecular flexibility index (Phi) is 5.84. The Morgan fingerprint density at radius 1 is 1.48 bits per heavy atom. The first-order chi connectivity index (χ1) is 13.0. The van der Waals surface area contributed by atoms with Crippen molar-refractivity contribution in [2.75, 3.05) is 13.1 Å². The van der Waals surface area contributed by atoms with Crippen LogP contribution in [0.2, 0.25) is 0 Å². The first-order valence-electron chi connectivity index (χ1n) is 9.30. The lowest BCUT2D eigenvalue weighted by atomic mass is 9.91. The third-order valence-electron chi connectivity index (χ3n) is 4.93. The number of carbonyl (C=O) groups is 1. The van der Waals surface area contributed by atoms with Crippen molar-refractivity contribution < 1.29 is 9.18 Å². The number of pyridine rings is 1. The van der Waals surface area contributed by atoms with Gasteiger partial charge in [0, 0.05) is 37.1 Å². The highest BCUT2D eigenvalue weighted by atomic mass is 19.1. The van der Waals surface area contributed by atoms with Crippen LogP contribution in [0.5, 0.6) is 0 Å². The van der Waals surface area contributed by atoms with Crippen molar-refractivity contribution in [3.05, 3.63) is 59.9 Å². The number of hydrogen-bond donors (Lipinski definition) is 1. The monoisotopic (exact) mass is 368 g/mol. The van der Waals surface area contributed by atoms with Gasteiger partial charge in [-0.15, -0.1) is 0 Å². The number of nitrogens with zero attached hydrogens (tertiary/aromatic N) is 3. The molecule has 1 amide bonds. The molecule has 0 radical (unpaired) electrons. The molecule has 3 rings (SSSR count). The van der Waals surface area contributed by atoms with Crippen LogP contribution in [0.15, 0.2) is 42.2 Å². The number of hydrogen-bond acceptors (Lipinski definition) is 3. The maximum atomic E-state index is 13.0. The second-order valence-corrected chi connectivity index (χ2v) is 6.95. The summed E-state index contributed by atoms with van der Waals surface area (Å²) >= 11 is 0. The Bertz CT molecular complexity index is 853. The summed E-state index contributed by atoms with van der Waals surface area (Å²) in [7, 11) is 0. The van der Waals surface area contributed by atoms with Crippen molar-refractivity contribution in [3.8, 4) is 0 Å². The zero-order valence-electron chi connectivity index (χ0n) is 15.8. The number of aromatic amines is 1. The van der Waals surface area contributed by atoms with E-state index in [4.69, 9.17) is 4.99 Å². The smallest absolute Gasteiger partial charge is 0.255 e. The van der Waals surface area contributed by atoms with E-state index in [1.165, 1.54) is 18.3 Å². The molecule has 27 heavy (non-hydrogen) atoms. The molecule has 1 aliphatic rings. The molecule has 5 nitrogen and oxygen atoms in total. The minimum Gasteiger partial charge on any atom is -0.360 e. The van der Waals surface area contributed by atoms with Gasteiger partial charge in [-0.1, -0.05) is 13.5 Å². The highest BCUT2D eigenvalue weighted by molar-refractivity contribution is 5.95. The average Bonchev–Trinajstić information content (AvgIpc) is 3.12. The van der Waals surface area contributed by atoms with Gasteiger partial charge in [-0.3, -0.25) is 9.79 Å². The fourth-order valence-corrected chi connectivity index (χ4v) is 3.48. The molecule has 0 aliphatic carbocycles. The molecule has 142 valence electrons. The van der Waals surface area contributed by atoms with Gasteiger partial charge in [-0.2, -0.15) is 4.39 Å². The molecule has 6 heteroatoms. The molecule has 0 aromatic carbocycles. The summed E-state index contributed by atoms with van der Waals surface area (Å²) in [5, 5.41) is 0. The minimum absolute atomic E-state index is 0.110. The lowest BCUT2D eigenvalue weighted by Gasteiger charge is -2.33. The van der Waals surface area contributed by atoms with Crippen LogP contribution in [0.25, 0.3) is 5.70 Å². The quantitative estimate of drug-likeness (QED) is 0.634. The number of rotatable bonds is 5. The number of aliphatic imine (C=N–C) groups is 1. The number of nitrogens with one attached hydrogen (secondary N) is 1. The summed E-state index contributed by atoms with van der Waals surface area (Å²) in [6.07, 6.45) is 5.95. The highest BCUT2D eigenvalue weighted by Gasteiger charge is 2.27. The number of aromatic nitrogens is 2. The molecular weight excluding hydrogens is 343 g/mol. The molecule has 1 N–H and O–H groups in total. The Labute approximate surface area is 159 Å². The Morgan fingerprint density at radius 2 is 2.30 bits per heavy atom. The van der Waals surface area contributed by atoms with Crippen LogP contribution < -0.4 is 0 Å². The molecule has 1 saturated heterocycles. The van der Waals surface area contributed by atoms with E-state index < -0.39 is 5.95 Å².